The minimum absolute atomic E-state index is 0.111. The summed E-state index contributed by atoms with van der Waals surface area (Å²) >= 11 is 0. The number of aromatic amines is 1. The number of halogens is 3. The lowest BCUT2D eigenvalue weighted by Crippen LogP contribution is -2.40. The van der Waals surface area contributed by atoms with Crippen LogP contribution in [0.3, 0.4) is 0 Å². The number of rotatable bonds is 3. The van der Waals surface area contributed by atoms with Crippen molar-refractivity contribution >= 4 is 5.91 Å². The van der Waals surface area contributed by atoms with Crippen LogP contribution < -0.4 is 5.32 Å². The molecule has 0 saturated carbocycles. The lowest BCUT2D eigenvalue weighted by Gasteiger charge is -2.30. The number of carbonyl (C=O) groups excluding carboxylic acids is 1. The summed E-state index contributed by atoms with van der Waals surface area (Å²) in [4.78, 5) is 14.2. The van der Waals surface area contributed by atoms with Crippen LogP contribution >= 0.6 is 0 Å². The zero-order chi connectivity index (χ0) is 17.3. The molecule has 0 bridgehead atoms. The third-order valence-corrected chi connectivity index (χ3v) is 4.19. The van der Waals surface area contributed by atoms with E-state index in [1.54, 1.807) is 25.5 Å². The lowest BCUT2D eigenvalue weighted by molar-refractivity contribution is -0.139. The Hall–Kier alpha value is -2.35. The zero-order valence-electron chi connectivity index (χ0n) is 13.0. The Labute approximate surface area is 136 Å². The van der Waals surface area contributed by atoms with Crippen LogP contribution in [0, 0.1) is 0 Å². The minimum atomic E-state index is -4.43. The summed E-state index contributed by atoms with van der Waals surface area (Å²) in [5.41, 5.74) is 0.764. The van der Waals surface area contributed by atoms with Crippen molar-refractivity contribution in [2.75, 3.05) is 13.6 Å². The van der Waals surface area contributed by atoms with Gasteiger partial charge in [-0.15, -0.1) is 0 Å². The zero-order valence-corrected chi connectivity index (χ0v) is 13.0. The Morgan fingerprint density at radius 3 is 2.88 bits per heavy atom. The SMILES string of the molecule is CN(Cc1cn[nH]c1)C(=O)C1CNCc2c1cccc2C(F)(F)F. The summed E-state index contributed by atoms with van der Waals surface area (Å²) in [6.07, 6.45) is -1.14. The monoisotopic (exact) mass is 338 g/mol. The molecule has 0 aliphatic carbocycles. The smallest absolute Gasteiger partial charge is 0.341 e. The van der Waals surface area contributed by atoms with Gasteiger partial charge < -0.3 is 10.2 Å². The number of hydrogen-bond acceptors (Lipinski definition) is 3. The third-order valence-electron chi connectivity index (χ3n) is 4.19. The second-order valence-corrected chi connectivity index (χ2v) is 5.86. The van der Waals surface area contributed by atoms with Crippen molar-refractivity contribution in [1.29, 1.82) is 0 Å². The number of aromatic nitrogens is 2. The van der Waals surface area contributed by atoms with Crippen LogP contribution in [0.15, 0.2) is 30.6 Å². The highest BCUT2D eigenvalue weighted by atomic mass is 19.4. The molecule has 3 rings (SSSR count). The molecule has 2 N–H and O–H groups in total. The van der Waals surface area contributed by atoms with Crippen molar-refractivity contribution in [2.45, 2.75) is 25.2 Å². The number of nitrogens with zero attached hydrogens (tertiary/aromatic N) is 2. The van der Waals surface area contributed by atoms with Gasteiger partial charge in [-0.3, -0.25) is 9.89 Å². The van der Waals surface area contributed by atoms with E-state index in [1.165, 1.54) is 11.0 Å². The lowest BCUT2D eigenvalue weighted by atomic mass is 9.87. The van der Waals surface area contributed by atoms with Gasteiger partial charge in [0.1, 0.15) is 0 Å². The summed E-state index contributed by atoms with van der Waals surface area (Å²) < 4.78 is 39.5. The second kappa shape index (κ2) is 6.27. The van der Waals surface area contributed by atoms with Gasteiger partial charge in [-0.2, -0.15) is 18.3 Å². The van der Waals surface area contributed by atoms with Gasteiger partial charge >= 0.3 is 6.18 Å². The van der Waals surface area contributed by atoms with Crippen molar-refractivity contribution in [3.8, 4) is 0 Å². The number of benzene rings is 1. The third kappa shape index (κ3) is 3.14. The molecule has 2 heterocycles. The van der Waals surface area contributed by atoms with Crippen LogP contribution in [-0.2, 0) is 24.1 Å². The van der Waals surface area contributed by atoms with Crippen molar-refractivity contribution < 1.29 is 18.0 Å². The maximum absolute atomic E-state index is 13.2. The summed E-state index contributed by atoms with van der Waals surface area (Å²) in [7, 11) is 1.64. The van der Waals surface area contributed by atoms with E-state index in [2.05, 4.69) is 15.5 Å². The maximum atomic E-state index is 13.2. The average Bonchev–Trinajstić information content (AvgIpc) is 3.05. The number of likely N-dealkylation sites (N-methyl/N-ethyl adjacent to an activating group) is 1. The molecule has 0 fully saturated rings. The van der Waals surface area contributed by atoms with E-state index in [-0.39, 0.29) is 18.0 Å². The molecule has 5 nitrogen and oxygen atoms in total. The molecule has 1 amide bonds. The summed E-state index contributed by atoms with van der Waals surface area (Å²) in [5.74, 6) is -0.850. The van der Waals surface area contributed by atoms with Crippen molar-refractivity contribution in [1.82, 2.24) is 20.4 Å². The molecule has 2 aromatic rings. The van der Waals surface area contributed by atoms with Gasteiger partial charge in [0.15, 0.2) is 0 Å². The molecule has 1 aromatic heterocycles. The quantitative estimate of drug-likeness (QED) is 0.903. The first-order chi connectivity index (χ1) is 11.4. The molecule has 1 aliphatic rings. The van der Waals surface area contributed by atoms with Gasteiger partial charge in [-0.1, -0.05) is 12.1 Å². The molecule has 1 atom stereocenters. The van der Waals surface area contributed by atoms with Crippen molar-refractivity contribution in [3.63, 3.8) is 0 Å². The molecule has 0 saturated heterocycles. The Morgan fingerprint density at radius 2 is 2.21 bits per heavy atom. The van der Waals surface area contributed by atoms with E-state index in [9.17, 15) is 18.0 Å². The Bertz CT molecular complexity index is 727. The predicted molar refractivity (Wildman–Crippen MR) is 81.0 cm³/mol. The fourth-order valence-electron chi connectivity index (χ4n) is 3.05. The normalized spacial score (nSPS) is 17.4. The molecular weight excluding hydrogens is 321 g/mol. The van der Waals surface area contributed by atoms with E-state index in [0.29, 0.717) is 18.7 Å². The minimum Gasteiger partial charge on any atom is -0.341 e. The van der Waals surface area contributed by atoms with Crippen LogP contribution in [-0.4, -0.2) is 34.6 Å². The fourth-order valence-corrected chi connectivity index (χ4v) is 3.05. The Morgan fingerprint density at radius 1 is 1.42 bits per heavy atom. The van der Waals surface area contributed by atoms with Crippen LogP contribution in [0.1, 0.15) is 28.2 Å². The number of nitrogens with one attached hydrogen (secondary N) is 2. The average molecular weight is 338 g/mol. The molecule has 0 spiro atoms. The molecule has 128 valence electrons. The van der Waals surface area contributed by atoms with Gasteiger partial charge in [-0.05, 0) is 17.2 Å². The second-order valence-electron chi connectivity index (χ2n) is 5.86. The summed E-state index contributed by atoms with van der Waals surface area (Å²) in [6, 6.07) is 4.03. The first-order valence-corrected chi connectivity index (χ1v) is 7.50. The van der Waals surface area contributed by atoms with Crippen molar-refractivity contribution in [3.05, 3.63) is 52.8 Å². The first-order valence-electron chi connectivity index (χ1n) is 7.50. The van der Waals surface area contributed by atoms with E-state index in [4.69, 9.17) is 0 Å². The number of carbonyl (C=O) groups is 1. The number of fused-ring (bicyclic) bond motifs is 1. The van der Waals surface area contributed by atoms with E-state index in [0.717, 1.165) is 11.6 Å². The summed E-state index contributed by atoms with van der Waals surface area (Å²) in [6.45, 7) is 0.781. The topological polar surface area (TPSA) is 61.0 Å². The van der Waals surface area contributed by atoms with Crippen LogP contribution in [0.25, 0.3) is 0 Å². The fraction of sp³-hybridized carbons (Fsp3) is 0.375. The van der Waals surface area contributed by atoms with Crippen LogP contribution in [0.5, 0.6) is 0 Å². The highest BCUT2D eigenvalue weighted by Gasteiger charge is 2.37. The molecule has 1 aromatic carbocycles. The van der Waals surface area contributed by atoms with Gasteiger partial charge in [0.05, 0.1) is 17.7 Å². The maximum Gasteiger partial charge on any atom is 0.416 e. The van der Waals surface area contributed by atoms with E-state index in [1.807, 2.05) is 0 Å². The van der Waals surface area contributed by atoms with E-state index < -0.39 is 17.7 Å². The number of hydrogen-bond donors (Lipinski definition) is 2. The summed E-state index contributed by atoms with van der Waals surface area (Å²) in [5, 5.41) is 9.42. The largest absolute Gasteiger partial charge is 0.416 e. The van der Waals surface area contributed by atoms with Crippen LogP contribution in [0.4, 0.5) is 13.2 Å². The number of H-pyrrole nitrogens is 1. The Kier molecular flexibility index (Phi) is 4.31. The molecule has 0 radical (unpaired) electrons. The standard InChI is InChI=1S/C16H17F3N4O/c1-23(9-10-5-21-22-6-10)15(24)13-8-20-7-12-11(13)3-2-4-14(12)16(17,18)19/h2-6,13,20H,7-9H2,1H3,(H,21,22). The Balaban J connectivity index is 1.88. The highest BCUT2D eigenvalue weighted by molar-refractivity contribution is 5.84. The van der Waals surface area contributed by atoms with E-state index >= 15 is 0 Å². The van der Waals surface area contributed by atoms with Crippen LogP contribution in [0.2, 0.25) is 0 Å². The molecule has 1 aliphatic heterocycles. The van der Waals surface area contributed by atoms with Crippen molar-refractivity contribution in [2.24, 2.45) is 0 Å². The van der Waals surface area contributed by atoms with Gasteiger partial charge in [-0.25, -0.2) is 0 Å². The predicted octanol–water partition coefficient (Wildman–Crippen LogP) is 2.27. The molecule has 1 unspecified atom stereocenters. The molecule has 24 heavy (non-hydrogen) atoms. The highest BCUT2D eigenvalue weighted by Crippen LogP contribution is 2.37. The molecule has 8 heteroatoms. The number of amides is 1. The van der Waals surface area contributed by atoms with Gasteiger partial charge in [0.2, 0.25) is 5.91 Å². The van der Waals surface area contributed by atoms with Gasteiger partial charge in [0.25, 0.3) is 0 Å². The van der Waals surface area contributed by atoms with Gasteiger partial charge in [0, 0.05) is 38.4 Å². The number of alkyl halides is 3. The molecular formula is C16H17F3N4O. The first kappa shape index (κ1) is 16.5.